The third-order valence-corrected chi connectivity index (χ3v) is 6.74. The Kier molecular flexibility index (Phi) is 8.08. The van der Waals surface area contributed by atoms with Crippen molar-refractivity contribution in [1.82, 2.24) is 30.2 Å². The molecule has 5 rings (SSSR count). The molecule has 0 bridgehead atoms. The molecule has 2 atom stereocenters. The van der Waals surface area contributed by atoms with E-state index in [1.54, 1.807) is 24.3 Å². The average molecular weight is 597 g/mol. The minimum Gasteiger partial charge on any atom is -0.462 e. The molecule has 0 spiro atoms. The van der Waals surface area contributed by atoms with E-state index in [1.165, 1.54) is 6.07 Å². The lowest BCUT2D eigenvalue weighted by Crippen LogP contribution is -2.35. The molecule has 1 aliphatic heterocycles. The van der Waals surface area contributed by atoms with Gasteiger partial charge in [-0.3, -0.25) is 4.79 Å². The third-order valence-electron chi connectivity index (χ3n) is 6.25. The van der Waals surface area contributed by atoms with Gasteiger partial charge in [0.15, 0.2) is 11.5 Å². The maximum absolute atomic E-state index is 14.1. The number of nitrogens with zero attached hydrogens (tertiary/aromatic N) is 5. The fourth-order valence-corrected chi connectivity index (χ4v) is 4.69. The zero-order valence-corrected chi connectivity index (χ0v) is 22.0. The Bertz CT molecular complexity index is 1500. The molecule has 2 N–H and O–H groups in total. The third kappa shape index (κ3) is 5.97. The lowest BCUT2D eigenvalue weighted by atomic mass is 10.00. The number of aromatic nitrogens is 5. The van der Waals surface area contributed by atoms with Crippen LogP contribution in [0.1, 0.15) is 30.2 Å². The number of benzene rings is 1. The van der Waals surface area contributed by atoms with Gasteiger partial charge in [0.05, 0.1) is 27.7 Å². The van der Waals surface area contributed by atoms with Gasteiger partial charge in [0.25, 0.3) is 5.89 Å². The van der Waals surface area contributed by atoms with E-state index >= 15 is 0 Å². The van der Waals surface area contributed by atoms with Crippen molar-refractivity contribution in [2.75, 3.05) is 19.7 Å². The zero-order valence-electron chi connectivity index (χ0n) is 20.5. The van der Waals surface area contributed by atoms with Crippen LogP contribution in [0.3, 0.4) is 0 Å². The topological polar surface area (TPSA) is 128 Å². The van der Waals surface area contributed by atoms with Crippen LogP contribution in [0.4, 0.5) is 13.2 Å². The second kappa shape index (κ2) is 11.5. The number of pyridine rings is 1. The van der Waals surface area contributed by atoms with Gasteiger partial charge in [0.1, 0.15) is 12.7 Å². The van der Waals surface area contributed by atoms with Crippen LogP contribution in [-0.2, 0) is 15.7 Å². The summed E-state index contributed by atoms with van der Waals surface area (Å²) in [4.78, 5) is 20.2. The predicted molar refractivity (Wildman–Crippen MR) is 137 cm³/mol. The molecule has 0 amide bonds. The number of hydrogen-bond donors (Lipinski definition) is 2. The van der Waals surface area contributed by atoms with Gasteiger partial charge in [0.2, 0.25) is 5.82 Å². The van der Waals surface area contributed by atoms with E-state index in [9.17, 15) is 23.1 Å². The fraction of sp³-hybridized carbons (Fsp3) is 0.320. The first-order valence-corrected chi connectivity index (χ1v) is 12.8. The standard InChI is InChI=1S/C25H21Cl2F3N6O4/c26-16-8-18(27)22(32-10-16)36-20(25(28,29)30)17(11-33-36)23-34-21(35-40-23)14-5-3-13(4-6-14)19(37)12-39-24(38)15-2-1-7-31-9-15/h3-6,8,10-11,15,19,31,37H,1-2,7,9,12H2. The number of esters is 1. The Morgan fingerprint density at radius 3 is 2.70 bits per heavy atom. The zero-order chi connectivity index (χ0) is 28.4. The molecule has 1 saturated heterocycles. The molecule has 4 heterocycles. The monoisotopic (exact) mass is 596 g/mol. The molecule has 1 fully saturated rings. The molecule has 0 aliphatic carbocycles. The Labute approximate surface area is 235 Å². The molecule has 0 radical (unpaired) electrons. The van der Waals surface area contributed by atoms with E-state index < -0.39 is 29.4 Å². The highest BCUT2D eigenvalue weighted by atomic mass is 35.5. The summed E-state index contributed by atoms with van der Waals surface area (Å²) in [5, 5.41) is 21.2. The van der Waals surface area contributed by atoms with Crippen LogP contribution in [0, 0.1) is 5.92 Å². The molecule has 15 heteroatoms. The summed E-state index contributed by atoms with van der Waals surface area (Å²) in [6.07, 6.45) is -2.25. The van der Waals surface area contributed by atoms with Crippen LogP contribution >= 0.6 is 23.2 Å². The maximum atomic E-state index is 14.1. The summed E-state index contributed by atoms with van der Waals surface area (Å²) in [7, 11) is 0. The molecule has 2 unspecified atom stereocenters. The van der Waals surface area contributed by atoms with Crippen molar-refractivity contribution in [2.24, 2.45) is 5.92 Å². The Balaban J connectivity index is 1.33. The molecule has 1 aromatic carbocycles. The number of carbonyl (C=O) groups is 1. The molecule has 3 aromatic heterocycles. The predicted octanol–water partition coefficient (Wildman–Crippen LogP) is 4.89. The number of alkyl halides is 3. The first-order chi connectivity index (χ1) is 19.1. The number of hydrogen-bond acceptors (Lipinski definition) is 9. The van der Waals surface area contributed by atoms with Gasteiger partial charge in [0, 0.05) is 18.3 Å². The summed E-state index contributed by atoms with van der Waals surface area (Å²) < 4.78 is 53.2. The van der Waals surface area contributed by atoms with Crippen molar-refractivity contribution >= 4 is 29.2 Å². The van der Waals surface area contributed by atoms with Crippen LogP contribution < -0.4 is 5.32 Å². The minimum atomic E-state index is -4.88. The summed E-state index contributed by atoms with van der Waals surface area (Å²) in [6, 6.07) is 7.51. The van der Waals surface area contributed by atoms with E-state index in [2.05, 4.69) is 25.5 Å². The molecule has 4 aromatic rings. The van der Waals surface area contributed by atoms with E-state index in [0.29, 0.717) is 22.4 Å². The molecule has 1 aliphatic rings. The van der Waals surface area contributed by atoms with Crippen LogP contribution in [0.5, 0.6) is 0 Å². The summed E-state index contributed by atoms with van der Waals surface area (Å²) >= 11 is 11.9. The Hall–Kier alpha value is -3.52. The SMILES string of the molecule is O=C(OCC(O)c1ccc(-c2noc(-c3cnn(-c4ncc(Cl)cc4Cl)c3C(F)(F)F)n2)cc1)C1CCCNC1. The molecular formula is C25H21Cl2F3N6O4. The minimum absolute atomic E-state index is 0.00999. The molecule has 10 nitrogen and oxygen atoms in total. The number of carbonyl (C=O) groups excluding carboxylic acids is 1. The number of piperidine rings is 1. The first-order valence-electron chi connectivity index (χ1n) is 12.1. The molecule has 210 valence electrons. The fourth-order valence-electron chi connectivity index (χ4n) is 4.23. The van der Waals surface area contributed by atoms with Crippen LogP contribution in [0.2, 0.25) is 10.0 Å². The number of halogens is 5. The maximum Gasteiger partial charge on any atom is 0.434 e. The number of aliphatic hydroxyl groups is 1. The van der Waals surface area contributed by atoms with Crippen molar-refractivity contribution in [3.8, 4) is 28.7 Å². The smallest absolute Gasteiger partial charge is 0.434 e. The lowest BCUT2D eigenvalue weighted by Gasteiger charge is -2.22. The van der Waals surface area contributed by atoms with Crippen molar-refractivity contribution in [1.29, 1.82) is 0 Å². The highest BCUT2D eigenvalue weighted by Crippen LogP contribution is 2.39. The van der Waals surface area contributed by atoms with Crippen molar-refractivity contribution in [2.45, 2.75) is 25.1 Å². The largest absolute Gasteiger partial charge is 0.462 e. The van der Waals surface area contributed by atoms with Gasteiger partial charge in [-0.05, 0) is 31.0 Å². The van der Waals surface area contributed by atoms with Gasteiger partial charge in [-0.25, -0.2) is 9.67 Å². The average Bonchev–Trinajstić information content (AvgIpc) is 3.60. The molecule has 0 saturated carbocycles. The summed E-state index contributed by atoms with van der Waals surface area (Å²) in [5.74, 6) is -1.29. The van der Waals surface area contributed by atoms with Crippen molar-refractivity contribution in [3.63, 3.8) is 0 Å². The number of aliphatic hydroxyl groups excluding tert-OH is 1. The van der Waals surface area contributed by atoms with Crippen molar-refractivity contribution in [3.05, 3.63) is 64.0 Å². The number of nitrogens with one attached hydrogen (secondary N) is 1. The van der Waals surface area contributed by atoms with Gasteiger partial charge in [-0.2, -0.15) is 23.3 Å². The van der Waals surface area contributed by atoms with Crippen LogP contribution in [0.25, 0.3) is 28.7 Å². The Morgan fingerprint density at radius 1 is 1.25 bits per heavy atom. The summed E-state index contributed by atoms with van der Waals surface area (Å²) in [6.45, 7) is 1.20. The lowest BCUT2D eigenvalue weighted by molar-refractivity contribution is -0.152. The second-order valence-corrected chi connectivity index (χ2v) is 9.85. The van der Waals surface area contributed by atoms with Gasteiger partial charge in [-0.1, -0.05) is 52.6 Å². The van der Waals surface area contributed by atoms with Gasteiger partial charge < -0.3 is 19.7 Å². The number of ether oxygens (including phenoxy) is 1. The van der Waals surface area contributed by atoms with E-state index in [-0.39, 0.29) is 40.2 Å². The van der Waals surface area contributed by atoms with Gasteiger partial charge in [-0.15, -0.1) is 0 Å². The van der Waals surface area contributed by atoms with Crippen molar-refractivity contribution < 1.29 is 32.3 Å². The van der Waals surface area contributed by atoms with Crippen LogP contribution in [-0.4, -0.2) is 55.7 Å². The van der Waals surface area contributed by atoms with E-state index in [4.69, 9.17) is 32.5 Å². The molecule has 40 heavy (non-hydrogen) atoms. The highest BCUT2D eigenvalue weighted by molar-refractivity contribution is 6.35. The first kappa shape index (κ1) is 28.0. The van der Waals surface area contributed by atoms with Crippen LogP contribution in [0.15, 0.2) is 47.2 Å². The Morgan fingerprint density at radius 2 is 2.02 bits per heavy atom. The quantitative estimate of drug-likeness (QED) is 0.287. The normalized spacial score (nSPS) is 16.6. The van der Waals surface area contributed by atoms with E-state index in [0.717, 1.165) is 31.8 Å². The molecular weight excluding hydrogens is 576 g/mol. The number of rotatable bonds is 7. The van der Waals surface area contributed by atoms with Gasteiger partial charge >= 0.3 is 12.1 Å². The second-order valence-electron chi connectivity index (χ2n) is 9.01. The summed E-state index contributed by atoms with van der Waals surface area (Å²) in [5.41, 5.74) is -0.799. The van der Waals surface area contributed by atoms with E-state index in [1.807, 2.05) is 0 Å². The highest BCUT2D eigenvalue weighted by Gasteiger charge is 2.41.